The van der Waals surface area contributed by atoms with Gasteiger partial charge in [0, 0.05) is 12.5 Å². The van der Waals surface area contributed by atoms with Gasteiger partial charge in [0.1, 0.15) is 0 Å². The van der Waals surface area contributed by atoms with Gasteiger partial charge in [-0.1, -0.05) is 26.2 Å². The lowest BCUT2D eigenvalue weighted by atomic mass is 9.68. The Balaban J connectivity index is 1.96. The molecule has 0 spiro atoms. The van der Waals surface area contributed by atoms with Gasteiger partial charge in [0.15, 0.2) is 0 Å². The van der Waals surface area contributed by atoms with Gasteiger partial charge < -0.3 is 9.84 Å². The Morgan fingerprint density at radius 3 is 2.57 bits per heavy atom. The first-order valence-electron chi connectivity index (χ1n) is 5.98. The molecule has 2 rings (SSSR count). The number of hydrogen-bond donors (Lipinski definition) is 1. The van der Waals surface area contributed by atoms with Gasteiger partial charge in [0.25, 0.3) is 0 Å². The van der Waals surface area contributed by atoms with E-state index >= 15 is 0 Å². The van der Waals surface area contributed by atoms with E-state index in [4.69, 9.17) is 4.74 Å². The van der Waals surface area contributed by atoms with Crippen LogP contribution in [0.25, 0.3) is 0 Å². The van der Waals surface area contributed by atoms with Crippen molar-refractivity contribution in [2.24, 2.45) is 11.3 Å². The molecule has 0 aromatic rings. The van der Waals surface area contributed by atoms with Gasteiger partial charge in [0.05, 0.1) is 12.7 Å². The average Bonchev–Trinajstić information content (AvgIpc) is 2.70. The van der Waals surface area contributed by atoms with Crippen LogP contribution in [-0.4, -0.2) is 24.4 Å². The normalized spacial score (nSPS) is 34.3. The summed E-state index contributed by atoms with van der Waals surface area (Å²) in [6, 6.07) is 0. The highest BCUT2D eigenvalue weighted by atomic mass is 16.5. The zero-order valence-corrected chi connectivity index (χ0v) is 9.17. The molecule has 2 unspecified atom stereocenters. The summed E-state index contributed by atoms with van der Waals surface area (Å²) in [5, 5.41) is 10.4. The lowest BCUT2D eigenvalue weighted by Gasteiger charge is -2.40. The molecule has 0 aromatic carbocycles. The third-order valence-corrected chi connectivity index (χ3v) is 4.12. The van der Waals surface area contributed by atoms with Crippen LogP contribution in [0.2, 0.25) is 0 Å². The number of aliphatic hydroxyl groups is 1. The SMILES string of the molecule is CC1(C(O)C2CCOC2)CCCCC1. The fraction of sp³-hybridized carbons (Fsp3) is 1.00. The molecule has 1 N–H and O–H groups in total. The zero-order valence-electron chi connectivity index (χ0n) is 9.17. The van der Waals surface area contributed by atoms with E-state index in [9.17, 15) is 5.11 Å². The van der Waals surface area contributed by atoms with Crippen LogP contribution in [0.4, 0.5) is 0 Å². The van der Waals surface area contributed by atoms with E-state index in [2.05, 4.69) is 6.92 Å². The van der Waals surface area contributed by atoms with E-state index in [1.807, 2.05) is 0 Å². The molecule has 2 aliphatic rings. The predicted molar refractivity (Wildman–Crippen MR) is 56.1 cm³/mol. The summed E-state index contributed by atoms with van der Waals surface area (Å²) < 4.78 is 5.35. The molecule has 2 heteroatoms. The topological polar surface area (TPSA) is 29.5 Å². The monoisotopic (exact) mass is 198 g/mol. The maximum atomic E-state index is 10.4. The first-order valence-corrected chi connectivity index (χ1v) is 5.98. The number of hydrogen-bond acceptors (Lipinski definition) is 2. The van der Waals surface area contributed by atoms with Gasteiger partial charge in [0.2, 0.25) is 0 Å². The Bertz CT molecular complexity index is 179. The van der Waals surface area contributed by atoms with Crippen molar-refractivity contribution >= 4 is 0 Å². The fourth-order valence-corrected chi connectivity index (χ4v) is 3.03. The second kappa shape index (κ2) is 4.19. The highest BCUT2D eigenvalue weighted by Gasteiger charge is 2.39. The van der Waals surface area contributed by atoms with Gasteiger partial charge in [-0.3, -0.25) is 0 Å². The second-order valence-corrected chi connectivity index (χ2v) is 5.28. The zero-order chi connectivity index (χ0) is 10.0. The summed E-state index contributed by atoms with van der Waals surface area (Å²) in [6.45, 7) is 3.88. The molecule has 1 saturated heterocycles. The number of ether oxygens (including phenoxy) is 1. The van der Waals surface area contributed by atoms with Crippen molar-refractivity contribution in [3.8, 4) is 0 Å². The summed E-state index contributed by atoms with van der Waals surface area (Å²) >= 11 is 0. The Hall–Kier alpha value is -0.0800. The molecular formula is C12H22O2. The standard InChI is InChI=1S/C12H22O2/c1-12(6-3-2-4-7-12)11(13)10-5-8-14-9-10/h10-11,13H,2-9H2,1H3. The lowest BCUT2D eigenvalue weighted by Crippen LogP contribution is -2.40. The van der Waals surface area contributed by atoms with E-state index < -0.39 is 0 Å². The van der Waals surface area contributed by atoms with Crippen LogP contribution in [0, 0.1) is 11.3 Å². The molecule has 0 bridgehead atoms. The van der Waals surface area contributed by atoms with E-state index in [0.29, 0.717) is 5.92 Å². The molecule has 2 atom stereocenters. The number of aliphatic hydroxyl groups excluding tert-OH is 1. The Labute approximate surface area is 86.6 Å². The molecule has 0 radical (unpaired) electrons. The quantitative estimate of drug-likeness (QED) is 0.738. The van der Waals surface area contributed by atoms with E-state index in [1.54, 1.807) is 0 Å². The highest BCUT2D eigenvalue weighted by Crippen LogP contribution is 2.42. The fourth-order valence-electron chi connectivity index (χ4n) is 3.03. The van der Waals surface area contributed by atoms with E-state index in [0.717, 1.165) is 19.6 Å². The minimum absolute atomic E-state index is 0.134. The summed E-state index contributed by atoms with van der Waals surface area (Å²) in [6.07, 6.45) is 7.25. The molecule has 0 aromatic heterocycles. The third kappa shape index (κ3) is 1.96. The van der Waals surface area contributed by atoms with Gasteiger partial charge in [-0.15, -0.1) is 0 Å². The maximum absolute atomic E-state index is 10.4. The van der Waals surface area contributed by atoms with Crippen molar-refractivity contribution in [2.45, 2.75) is 51.6 Å². The van der Waals surface area contributed by atoms with Crippen LogP contribution < -0.4 is 0 Å². The molecule has 0 amide bonds. The molecule has 82 valence electrons. The summed E-state index contributed by atoms with van der Waals surface area (Å²) in [7, 11) is 0. The van der Waals surface area contributed by atoms with Crippen LogP contribution in [0.15, 0.2) is 0 Å². The van der Waals surface area contributed by atoms with Crippen molar-refractivity contribution in [2.75, 3.05) is 13.2 Å². The van der Waals surface area contributed by atoms with Crippen molar-refractivity contribution in [3.05, 3.63) is 0 Å². The molecule has 1 aliphatic carbocycles. The van der Waals surface area contributed by atoms with Crippen LogP contribution in [-0.2, 0) is 4.74 Å². The van der Waals surface area contributed by atoms with E-state index in [1.165, 1.54) is 32.1 Å². The first-order chi connectivity index (χ1) is 6.72. The molecular weight excluding hydrogens is 176 g/mol. The Morgan fingerprint density at radius 2 is 2.00 bits per heavy atom. The van der Waals surface area contributed by atoms with Crippen LogP contribution in [0.5, 0.6) is 0 Å². The molecule has 14 heavy (non-hydrogen) atoms. The van der Waals surface area contributed by atoms with Crippen molar-refractivity contribution < 1.29 is 9.84 Å². The van der Waals surface area contributed by atoms with E-state index in [-0.39, 0.29) is 11.5 Å². The first kappa shape index (κ1) is 10.4. The maximum Gasteiger partial charge on any atom is 0.0644 e. The van der Waals surface area contributed by atoms with Crippen LogP contribution in [0.1, 0.15) is 45.4 Å². The molecule has 1 aliphatic heterocycles. The molecule has 2 fully saturated rings. The molecule has 2 nitrogen and oxygen atoms in total. The smallest absolute Gasteiger partial charge is 0.0644 e. The van der Waals surface area contributed by atoms with Gasteiger partial charge in [-0.05, 0) is 24.7 Å². The van der Waals surface area contributed by atoms with Gasteiger partial charge in [-0.25, -0.2) is 0 Å². The molecule has 1 saturated carbocycles. The summed E-state index contributed by atoms with van der Waals surface area (Å²) in [5.74, 6) is 0.401. The average molecular weight is 198 g/mol. The van der Waals surface area contributed by atoms with Crippen molar-refractivity contribution in [1.29, 1.82) is 0 Å². The van der Waals surface area contributed by atoms with Crippen LogP contribution >= 0.6 is 0 Å². The summed E-state index contributed by atoms with van der Waals surface area (Å²) in [4.78, 5) is 0. The van der Waals surface area contributed by atoms with Crippen LogP contribution in [0.3, 0.4) is 0 Å². The van der Waals surface area contributed by atoms with Crippen molar-refractivity contribution in [3.63, 3.8) is 0 Å². The highest BCUT2D eigenvalue weighted by molar-refractivity contribution is 4.90. The Kier molecular flexibility index (Phi) is 3.13. The second-order valence-electron chi connectivity index (χ2n) is 5.28. The van der Waals surface area contributed by atoms with Crippen molar-refractivity contribution in [1.82, 2.24) is 0 Å². The minimum atomic E-state index is -0.134. The Morgan fingerprint density at radius 1 is 1.29 bits per heavy atom. The summed E-state index contributed by atoms with van der Waals surface area (Å²) in [5.41, 5.74) is 0.177. The van der Waals surface area contributed by atoms with Gasteiger partial charge >= 0.3 is 0 Å². The number of rotatable bonds is 2. The minimum Gasteiger partial charge on any atom is -0.392 e. The largest absolute Gasteiger partial charge is 0.392 e. The third-order valence-electron chi connectivity index (χ3n) is 4.12. The lowest BCUT2D eigenvalue weighted by molar-refractivity contribution is -0.0325. The molecule has 1 heterocycles. The van der Waals surface area contributed by atoms with Gasteiger partial charge in [-0.2, -0.15) is 0 Å². The predicted octanol–water partition coefficient (Wildman–Crippen LogP) is 2.35.